The zero-order valence-corrected chi connectivity index (χ0v) is 24.8. The minimum Gasteiger partial charge on any atom is -0.507 e. The second-order valence-corrected chi connectivity index (χ2v) is 13.2. The Morgan fingerprint density at radius 2 is 1.61 bits per heavy atom. The highest BCUT2D eigenvalue weighted by Gasteiger charge is 2.26. The number of phenols is 1. The lowest BCUT2D eigenvalue weighted by Gasteiger charge is -2.28. The summed E-state index contributed by atoms with van der Waals surface area (Å²) >= 11 is 0. The number of nitro benzene ring substituents is 1. The summed E-state index contributed by atoms with van der Waals surface area (Å²) in [5.41, 5.74) is 4.60. The van der Waals surface area contributed by atoms with E-state index in [2.05, 4.69) is 10.5 Å². The van der Waals surface area contributed by atoms with Crippen LogP contribution in [0.5, 0.6) is 11.5 Å². The second kappa shape index (κ2) is 12.1. The molecule has 3 aromatic carbocycles. The molecule has 0 unspecified atom stereocenters. The number of phenolic OH excluding ortho intramolecular Hbond substituents is 1. The van der Waals surface area contributed by atoms with Crippen LogP contribution in [0.3, 0.4) is 0 Å². The molecular weight excluding hydrogens is 546 g/mol. The number of aromatic hydroxyl groups is 1. The van der Waals surface area contributed by atoms with E-state index in [9.17, 15) is 28.4 Å². The van der Waals surface area contributed by atoms with Gasteiger partial charge in [-0.05, 0) is 57.7 Å². The normalized spacial score (nSPS) is 12.3. The number of benzene rings is 3. The molecule has 0 aliphatic rings. The minimum atomic E-state index is -4.32. The first-order chi connectivity index (χ1) is 19.0. The molecule has 10 nitrogen and oxygen atoms in total. The summed E-state index contributed by atoms with van der Waals surface area (Å²) in [6.07, 6.45) is 1.97. The number of non-ortho nitro benzene ring substituents is 1. The van der Waals surface area contributed by atoms with E-state index in [-0.39, 0.29) is 45.2 Å². The highest BCUT2D eigenvalue weighted by molar-refractivity contribution is 7.87. The number of nitro groups is 1. The van der Waals surface area contributed by atoms with Gasteiger partial charge in [-0.2, -0.15) is 13.5 Å². The quantitative estimate of drug-likeness (QED) is 0.142. The maximum atomic E-state index is 12.6. The van der Waals surface area contributed by atoms with Crippen LogP contribution in [0.25, 0.3) is 0 Å². The summed E-state index contributed by atoms with van der Waals surface area (Å²) in [5, 5.41) is 25.8. The largest absolute Gasteiger partial charge is 0.507 e. The van der Waals surface area contributed by atoms with Crippen LogP contribution in [0, 0.1) is 10.1 Å². The maximum absolute atomic E-state index is 12.6. The zero-order chi connectivity index (χ0) is 30.6. The van der Waals surface area contributed by atoms with Crippen molar-refractivity contribution in [1.82, 2.24) is 5.43 Å². The molecule has 218 valence electrons. The van der Waals surface area contributed by atoms with E-state index in [1.807, 2.05) is 53.7 Å². The van der Waals surface area contributed by atoms with Crippen LogP contribution < -0.4 is 9.61 Å². The molecule has 0 aromatic heterocycles. The van der Waals surface area contributed by atoms with Crippen LogP contribution in [-0.4, -0.2) is 30.6 Å². The third-order valence-corrected chi connectivity index (χ3v) is 7.45. The Bertz CT molecular complexity index is 1550. The Kier molecular flexibility index (Phi) is 9.23. The SMILES string of the molecule is CC(C)(C)c1cc(CCC(=O)N/N=C\c2cccc(OS(=O)(=O)c3cccc([N+](=O)[O-])c3)c2)cc(C(C)(C)C)c1O. The fraction of sp³-hybridized carbons (Fsp3) is 0.333. The Balaban J connectivity index is 1.66. The molecule has 0 aliphatic heterocycles. The first kappa shape index (κ1) is 31.3. The molecule has 0 spiro atoms. The number of hydrogen-bond acceptors (Lipinski definition) is 8. The third-order valence-electron chi connectivity index (χ3n) is 6.21. The van der Waals surface area contributed by atoms with Gasteiger partial charge in [-0.3, -0.25) is 14.9 Å². The number of hydrogen-bond donors (Lipinski definition) is 2. The molecule has 3 aromatic rings. The van der Waals surface area contributed by atoms with E-state index in [1.54, 1.807) is 12.1 Å². The van der Waals surface area contributed by atoms with Crippen molar-refractivity contribution in [3.05, 3.63) is 93.0 Å². The Labute approximate surface area is 240 Å². The number of aryl methyl sites for hydroxylation is 1. The van der Waals surface area contributed by atoms with E-state index >= 15 is 0 Å². The summed E-state index contributed by atoms with van der Waals surface area (Å²) < 4.78 is 30.3. The van der Waals surface area contributed by atoms with Crippen molar-refractivity contribution in [2.24, 2.45) is 5.10 Å². The highest BCUT2D eigenvalue weighted by atomic mass is 32.2. The fourth-order valence-corrected chi connectivity index (χ4v) is 5.01. The minimum absolute atomic E-state index is 0.0246. The molecule has 2 N–H and O–H groups in total. The van der Waals surface area contributed by atoms with Gasteiger partial charge in [-0.25, -0.2) is 5.43 Å². The molecule has 3 rings (SSSR count). The Hall–Kier alpha value is -4.25. The Morgan fingerprint density at radius 1 is 1.00 bits per heavy atom. The first-order valence-corrected chi connectivity index (χ1v) is 14.4. The average molecular weight is 582 g/mol. The summed E-state index contributed by atoms with van der Waals surface area (Å²) in [6.45, 7) is 12.2. The van der Waals surface area contributed by atoms with E-state index < -0.39 is 15.0 Å². The number of carbonyl (C=O) groups excluding carboxylic acids is 1. The van der Waals surface area contributed by atoms with Crippen LogP contribution >= 0.6 is 0 Å². The topological polar surface area (TPSA) is 148 Å². The molecule has 0 radical (unpaired) electrons. The average Bonchev–Trinajstić information content (AvgIpc) is 2.86. The van der Waals surface area contributed by atoms with Crippen molar-refractivity contribution >= 4 is 27.9 Å². The van der Waals surface area contributed by atoms with Crippen LogP contribution in [0.15, 0.2) is 70.7 Å². The summed E-state index contributed by atoms with van der Waals surface area (Å²) in [7, 11) is -4.32. The lowest BCUT2D eigenvalue weighted by molar-refractivity contribution is -0.385. The van der Waals surface area contributed by atoms with Gasteiger partial charge >= 0.3 is 10.1 Å². The summed E-state index contributed by atoms with van der Waals surface area (Å²) in [4.78, 5) is 22.4. The molecule has 0 aliphatic carbocycles. The number of carbonyl (C=O) groups is 1. The fourth-order valence-electron chi connectivity index (χ4n) is 4.05. The predicted molar refractivity (Wildman–Crippen MR) is 157 cm³/mol. The van der Waals surface area contributed by atoms with Crippen LogP contribution in [0.4, 0.5) is 5.69 Å². The number of amides is 1. The second-order valence-electron chi connectivity index (χ2n) is 11.7. The number of hydrazone groups is 1. The van der Waals surface area contributed by atoms with Crippen molar-refractivity contribution in [2.45, 2.75) is 70.1 Å². The maximum Gasteiger partial charge on any atom is 0.339 e. The van der Waals surface area contributed by atoms with Crippen LogP contribution in [0.1, 0.15) is 70.2 Å². The van der Waals surface area contributed by atoms with Gasteiger partial charge in [0.25, 0.3) is 5.69 Å². The summed E-state index contributed by atoms with van der Waals surface area (Å²) in [6, 6.07) is 14.5. The van der Waals surface area contributed by atoms with Gasteiger partial charge in [0.2, 0.25) is 5.91 Å². The molecule has 0 atom stereocenters. The predicted octanol–water partition coefficient (Wildman–Crippen LogP) is 5.75. The monoisotopic (exact) mass is 581 g/mol. The van der Waals surface area contributed by atoms with Crippen LogP contribution in [-0.2, 0) is 32.2 Å². The standard InChI is InChI=1S/C30H35N3O7S/c1-29(2,3)25-16-20(17-26(28(25)35)30(4,5)6)13-14-27(34)32-31-19-21-9-7-11-23(15-21)40-41(38,39)24-12-8-10-22(18-24)33(36)37/h7-12,15-19,35H,13-14H2,1-6H3,(H,32,34)/b31-19-. The van der Waals surface area contributed by atoms with E-state index in [0.29, 0.717) is 12.0 Å². The molecule has 0 saturated heterocycles. The van der Waals surface area contributed by atoms with Gasteiger partial charge in [-0.1, -0.05) is 71.9 Å². The number of nitrogens with one attached hydrogen (secondary N) is 1. The third kappa shape index (κ3) is 8.37. The van der Waals surface area contributed by atoms with Crippen molar-refractivity contribution < 1.29 is 27.4 Å². The smallest absolute Gasteiger partial charge is 0.339 e. The zero-order valence-electron chi connectivity index (χ0n) is 24.0. The van der Waals surface area contributed by atoms with Gasteiger partial charge in [-0.15, -0.1) is 0 Å². The summed E-state index contributed by atoms with van der Waals surface area (Å²) in [5.74, 6) is -0.0556. The lowest BCUT2D eigenvalue weighted by Crippen LogP contribution is -2.20. The molecule has 0 saturated carbocycles. The van der Waals surface area contributed by atoms with Crippen molar-refractivity contribution in [1.29, 1.82) is 0 Å². The van der Waals surface area contributed by atoms with Crippen LogP contribution in [0.2, 0.25) is 0 Å². The number of rotatable bonds is 9. The first-order valence-electron chi connectivity index (χ1n) is 12.9. The van der Waals surface area contributed by atoms with E-state index in [0.717, 1.165) is 22.8 Å². The molecule has 0 heterocycles. The van der Waals surface area contributed by atoms with E-state index in [4.69, 9.17) is 4.18 Å². The van der Waals surface area contributed by atoms with E-state index in [1.165, 1.54) is 36.5 Å². The molecule has 11 heteroatoms. The molecular formula is C30H35N3O7S. The van der Waals surface area contributed by atoms with Gasteiger partial charge in [0, 0.05) is 18.6 Å². The van der Waals surface area contributed by atoms with Crippen molar-refractivity contribution in [3.63, 3.8) is 0 Å². The van der Waals surface area contributed by atoms with Gasteiger partial charge in [0.05, 0.1) is 11.1 Å². The van der Waals surface area contributed by atoms with Gasteiger partial charge < -0.3 is 9.29 Å². The van der Waals surface area contributed by atoms with Gasteiger partial charge in [0.15, 0.2) is 0 Å². The highest BCUT2D eigenvalue weighted by Crippen LogP contribution is 2.40. The molecule has 41 heavy (non-hydrogen) atoms. The van der Waals surface area contributed by atoms with Crippen molar-refractivity contribution in [2.75, 3.05) is 0 Å². The van der Waals surface area contributed by atoms with Crippen molar-refractivity contribution in [3.8, 4) is 11.5 Å². The Morgan fingerprint density at radius 3 is 2.20 bits per heavy atom. The number of nitrogens with zero attached hydrogens (tertiary/aromatic N) is 2. The van der Waals surface area contributed by atoms with Gasteiger partial charge in [0.1, 0.15) is 16.4 Å². The molecule has 1 amide bonds. The molecule has 0 bridgehead atoms. The molecule has 0 fully saturated rings. The lowest BCUT2D eigenvalue weighted by atomic mass is 9.78.